The van der Waals surface area contributed by atoms with Crippen LogP contribution in [0.2, 0.25) is 0 Å². The van der Waals surface area contributed by atoms with Gasteiger partial charge in [0.1, 0.15) is 0 Å². The predicted octanol–water partition coefficient (Wildman–Crippen LogP) is 1.94. The number of rotatable bonds is 6. The lowest BCUT2D eigenvalue weighted by molar-refractivity contribution is 0.0684. The first-order valence-corrected chi connectivity index (χ1v) is 6.46. The van der Waals surface area contributed by atoms with E-state index < -0.39 is 40.2 Å². The van der Waals surface area contributed by atoms with Crippen molar-refractivity contribution in [1.29, 1.82) is 0 Å². The van der Waals surface area contributed by atoms with Gasteiger partial charge < -0.3 is 15.5 Å². The Hall–Kier alpha value is -2.02. The number of carbonyl (C=O) groups is 2. The first-order chi connectivity index (χ1) is 9.80. The third-order valence-electron chi connectivity index (χ3n) is 3.57. The van der Waals surface area contributed by atoms with Crippen LogP contribution in [0, 0.1) is 11.6 Å². The fourth-order valence-corrected chi connectivity index (χ4v) is 1.91. The Balaban J connectivity index is 3.24. The standard InChI is InChI=1S/C14H17F2NO4/c1-3-14(4-2,7-18)17-12(19)8-5-10(15)11(16)6-9(8)13(20)21/h5-6,18H,3-4,7H2,1-2H3,(H,17,19)(H,20,21). The summed E-state index contributed by atoms with van der Waals surface area (Å²) in [6.07, 6.45) is 0.801. The summed E-state index contributed by atoms with van der Waals surface area (Å²) in [5.41, 5.74) is -2.05. The molecule has 3 N–H and O–H groups in total. The first kappa shape index (κ1) is 17.0. The first-order valence-electron chi connectivity index (χ1n) is 6.46. The predicted molar refractivity (Wildman–Crippen MR) is 71.2 cm³/mol. The molecule has 0 radical (unpaired) electrons. The lowest BCUT2D eigenvalue weighted by atomic mass is 9.93. The summed E-state index contributed by atoms with van der Waals surface area (Å²) in [6.45, 7) is 3.13. The number of carbonyl (C=O) groups excluding carboxylic acids is 1. The topological polar surface area (TPSA) is 86.6 Å². The molecule has 1 rings (SSSR count). The van der Waals surface area contributed by atoms with Gasteiger partial charge in [0, 0.05) is 0 Å². The smallest absolute Gasteiger partial charge is 0.336 e. The van der Waals surface area contributed by atoms with E-state index in [1.807, 2.05) is 0 Å². The molecule has 21 heavy (non-hydrogen) atoms. The summed E-state index contributed by atoms with van der Waals surface area (Å²) in [4.78, 5) is 23.2. The molecule has 0 spiro atoms. The Morgan fingerprint density at radius 2 is 1.62 bits per heavy atom. The second-order valence-corrected chi connectivity index (χ2v) is 4.72. The van der Waals surface area contributed by atoms with E-state index in [0.717, 1.165) is 0 Å². The van der Waals surface area contributed by atoms with Crippen molar-refractivity contribution in [2.45, 2.75) is 32.2 Å². The normalized spacial score (nSPS) is 11.3. The van der Waals surface area contributed by atoms with Crippen LogP contribution in [-0.4, -0.2) is 34.2 Å². The Morgan fingerprint density at radius 3 is 2.00 bits per heavy atom. The minimum Gasteiger partial charge on any atom is -0.478 e. The summed E-state index contributed by atoms with van der Waals surface area (Å²) in [7, 11) is 0. The molecule has 7 heteroatoms. The number of aromatic carboxylic acids is 1. The molecule has 0 aliphatic heterocycles. The molecule has 0 heterocycles. The highest BCUT2D eigenvalue weighted by Crippen LogP contribution is 2.19. The molecule has 0 saturated heterocycles. The molecule has 0 atom stereocenters. The van der Waals surface area contributed by atoms with Crippen LogP contribution >= 0.6 is 0 Å². The van der Waals surface area contributed by atoms with Gasteiger partial charge in [-0.1, -0.05) is 13.8 Å². The lowest BCUT2D eigenvalue weighted by Crippen LogP contribution is -2.50. The quantitative estimate of drug-likeness (QED) is 0.749. The number of benzene rings is 1. The van der Waals surface area contributed by atoms with Gasteiger partial charge in [-0.05, 0) is 25.0 Å². The summed E-state index contributed by atoms with van der Waals surface area (Å²) in [6, 6.07) is 1.01. The van der Waals surface area contributed by atoms with Gasteiger partial charge in [-0.15, -0.1) is 0 Å². The zero-order chi connectivity index (χ0) is 16.2. The Morgan fingerprint density at radius 1 is 1.14 bits per heavy atom. The van der Waals surface area contributed by atoms with Crippen LogP contribution in [0.1, 0.15) is 47.4 Å². The number of carboxylic acids is 1. The molecule has 0 bridgehead atoms. The summed E-state index contributed by atoms with van der Waals surface area (Å²) >= 11 is 0. The minimum absolute atomic E-state index is 0.349. The molecule has 0 aromatic heterocycles. The number of amides is 1. The molecule has 0 aliphatic carbocycles. The zero-order valence-corrected chi connectivity index (χ0v) is 11.7. The van der Waals surface area contributed by atoms with Gasteiger partial charge in [-0.3, -0.25) is 4.79 Å². The van der Waals surface area contributed by atoms with Crippen molar-refractivity contribution in [3.8, 4) is 0 Å². The molecular weight excluding hydrogens is 284 g/mol. The van der Waals surface area contributed by atoms with Gasteiger partial charge in [0.25, 0.3) is 5.91 Å². The molecule has 0 fully saturated rings. The van der Waals surface area contributed by atoms with E-state index in [1.54, 1.807) is 13.8 Å². The molecule has 1 aromatic rings. The SMILES string of the molecule is CCC(CC)(CO)NC(=O)c1cc(F)c(F)cc1C(=O)O. The van der Waals surface area contributed by atoms with Crippen LogP contribution in [0.5, 0.6) is 0 Å². The van der Waals surface area contributed by atoms with Crippen LogP contribution in [0.3, 0.4) is 0 Å². The van der Waals surface area contributed by atoms with Crippen LogP contribution < -0.4 is 5.32 Å². The summed E-state index contributed by atoms with van der Waals surface area (Å²) in [5, 5.41) is 20.9. The second-order valence-electron chi connectivity index (χ2n) is 4.72. The van der Waals surface area contributed by atoms with Crippen molar-refractivity contribution in [3.63, 3.8) is 0 Å². The van der Waals surface area contributed by atoms with Crippen molar-refractivity contribution in [2.24, 2.45) is 0 Å². The number of nitrogens with one attached hydrogen (secondary N) is 1. The van der Waals surface area contributed by atoms with Crippen LogP contribution in [0.25, 0.3) is 0 Å². The molecule has 0 aliphatic rings. The number of aliphatic hydroxyl groups excluding tert-OH is 1. The van der Waals surface area contributed by atoms with Crippen molar-refractivity contribution in [3.05, 3.63) is 34.9 Å². The van der Waals surface area contributed by atoms with Crippen molar-refractivity contribution in [1.82, 2.24) is 5.32 Å². The van der Waals surface area contributed by atoms with Crippen LogP contribution in [-0.2, 0) is 0 Å². The van der Waals surface area contributed by atoms with Gasteiger partial charge in [0.2, 0.25) is 0 Å². The number of aliphatic hydroxyl groups is 1. The fourth-order valence-electron chi connectivity index (χ4n) is 1.91. The van der Waals surface area contributed by atoms with E-state index in [4.69, 9.17) is 5.11 Å². The highest BCUT2D eigenvalue weighted by atomic mass is 19.2. The van der Waals surface area contributed by atoms with E-state index in [1.165, 1.54) is 0 Å². The van der Waals surface area contributed by atoms with Crippen LogP contribution in [0.15, 0.2) is 12.1 Å². The lowest BCUT2D eigenvalue weighted by Gasteiger charge is -2.31. The Labute approximate surface area is 120 Å². The molecule has 116 valence electrons. The Bertz CT molecular complexity index is 548. The van der Waals surface area contributed by atoms with Gasteiger partial charge in [0.15, 0.2) is 11.6 Å². The maximum Gasteiger partial charge on any atom is 0.336 e. The van der Waals surface area contributed by atoms with Crippen molar-refractivity contribution < 1.29 is 28.6 Å². The maximum absolute atomic E-state index is 13.3. The van der Waals surface area contributed by atoms with Gasteiger partial charge in [-0.2, -0.15) is 0 Å². The van der Waals surface area contributed by atoms with E-state index in [-0.39, 0.29) is 6.61 Å². The van der Waals surface area contributed by atoms with Gasteiger partial charge in [-0.25, -0.2) is 13.6 Å². The molecule has 0 saturated carbocycles. The molecule has 1 amide bonds. The molecule has 5 nitrogen and oxygen atoms in total. The largest absolute Gasteiger partial charge is 0.478 e. The molecule has 1 aromatic carbocycles. The second kappa shape index (κ2) is 6.62. The number of carboxylic acid groups (broad SMARTS) is 1. The summed E-state index contributed by atoms with van der Waals surface area (Å²) < 4.78 is 26.4. The number of hydrogen-bond donors (Lipinski definition) is 3. The highest BCUT2D eigenvalue weighted by molar-refractivity contribution is 6.05. The summed E-state index contributed by atoms with van der Waals surface area (Å²) in [5.74, 6) is -5.07. The van der Waals surface area contributed by atoms with Crippen molar-refractivity contribution in [2.75, 3.05) is 6.61 Å². The Kier molecular flexibility index (Phi) is 5.37. The average molecular weight is 301 g/mol. The van der Waals surface area contributed by atoms with Gasteiger partial charge in [0.05, 0.1) is 23.3 Å². The number of hydrogen-bond acceptors (Lipinski definition) is 3. The van der Waals surface area contributed by atoms with E-state index in [2.05, 4.69) is 5.32 Å². The number of halogens is 2. The zero-order valence-electron chi connectivity index (χ0n) is 11.7. The third kappa shape index (κ3) is 3.55. The van der Waals surface area contributed by atoms with Crippen LogP contribution in [0.4, 0.5) is 8.78 Å². The fraction of sp³-hybridized carbons (Fsp3) is 0.429. The van der Waals surface area contributed by atoms with E-state index >= 15 is 0 Å². The van der Waals surface area contributed by atoms with Crippen molar-refractivity contribution >= 4 is 11.9 Å². The highest BCUT2D eigenvalue weighted by Gasteiger charge is 2.30. The molecule has 0 unspecified atom stereocenters. The van der Waals surface area contributed by atoms with E-state index in [0.29, 0.717) is 25.0 Å². The van der Waals surface area contributed by atoms with E-state index in [9.17, 15) is 23.5 Å². The molecular formula is C14H17F2NO4. The third-order valence-corrected chi connectivity index (χ3v) is 3.57. The minimum atomic E-state index is -1.54. The monoisotopic (exact) mass is 301 g/mol. The average Bonchev–Trinajstić information content (AvgIpc) is 2.46. The van der Waals surface area contributed by atoms with Gasteiger partial charge >= 0.3 is 5.97 Å². The maximum atomic E-state index is 13.3.